The fourth-order valence-corrected chi connectivity index (χ4v) is 2.78. The van der Waals surface area contributed by atoms with Gasteiger partial charge in [-0.15, -0.1) is 0 Å². The summed E-state index contributed by atoms with van der Waals surface area (Å²) < 4.78 is 13.0. The van der Waals surface area contributed by atoms with Crippen molar-refractivity contribution in [3.8, 4) is 0 Å². The van der Waals surface area contributed by atoms with Crippen molar-refractivity contribution in [3.63, 3.8) is 0 Å². The second kappa shape index (κ2) is 5.83. The van der Waals surface area contributed by atoms with E-state index >= 15 is 0 Å². The molecule has 1 aliphatic rings. The van der Waals surface area contributed by atoms with E-state index in [1.807, 2.05) is 0 Å². The predicted molar refractivity (Wildman–Crippen MR) is 67.6 cm³/mol. The molecule has 0 aliphatic heterocycles. The van der Waals surface area contributed by atoms with Crippen LogP contribution in [0.25, 0.3) is 0 Å². The van der Waals surface area contributed by atoms with Crippen LogP contribution in [0.4, 0.5) is 4.39 Å². The van der Waals surface area contributed by atoms with E-state index in [1.165, 1.54) is 44.2 Å². The number of aliphatic hydroxyl groups is 1. The molecule has 94 valence electrons. The molecule has 0 saturated heterocycles. The zero-order chi connectivity index (χ0) is 12.3. The minimum atomic E-state index is -0.517. The molecule has 2 rings (SSSR count). The minimum Gasteiger partial charge on any atom is -0.388 e. The summed E-state index contributed by atoms with van der Waals surface area (Å²) in [4.78, 5) is 0. The van der Waals surface area contributed by atoms with E-state index in [4.69, 9.17) is 11.6 Å². The van der Waals surface area contributed by atoms with Crippen molar-refractivity contribution < 1.29 is 9.50 Å². The Morgan fingerprint density at radius 2 is 2.00 bits per heavy atom. The molecular weight excluding hydrogens is 239 g/mol. The van der Waals surface area contributed by atoms with Crippen LogP contribution >= 0.6 is 11.6 Å². The molecule has 1 nitrogen and oxygen atoms in total. The lowest BCUT2D eigenvalue weighted by Gasteiger charge is -2.24. The van der Waals surface area contributed by atoms with Gasteiger partial charge in [-0.25, -0.2) is 4.39 Å². The van der Waals surface area contributed by atoms with E-state index in [1.54, 1.807) is 6.07 Å². The van der Waals surface area contributed by atoms with Gasteiger partial charge in [0.15, 0.2) is 0 Å². The van der Waals surface area contributed by atoms with Gasteiger partial charge in [-0.05, 0) is 30.0 Å². The van der Waals surface area contributed by atoms with Crippen LogP contribution in [0.2, 0.25) is 5.02 Å². The minimum absolute atomic E-state index is 0.0881. The van der Waals surface area contributed by atoms with Crippen LogP contribution in [0.15, 0.2) is 18.2 Å². The highest BCUT2D eigenvalue weighted by Gasteiger charge is 2.19. The first kappa shape index (κ1) is 12.8. The third-order valence-corrected chi connectivity index (χ3v) is 3.90. The molecule has 1 saturated carbocycles. The third kappa shape index (κ3) is 3.43. The lowest BCUT2D eigenvalue weighted by atomic mass is 9.84. The molecule has 1 atom stereocenters. The Hall–Kier alpha value is -0.600. The molecule has 1 aromatic carbocycles. The van der Waals surface area contributed by atoms with Crippen molar-refractivity contribution in [1.29, 1.82) is 0 Å². The van der Waals surface area contributed by atoms with Crippen molar-refractivity contribution in [2.24, 2.45) is 5.92 Å². The van der Waals surface area contributed by atoms with Crippen LogP contribution < -0.4 is 0 Å². The molecule has 1 aromatic rings. The molecule has 0 radical (unpaired) electrons. The number of hydrogen-bond acceptors (Lipinski definition) is 1. The lowest BCUT2D eigenvalue weighted by Crippen LogP contribution is -2.11. The average molecular weight is 257 g/mol. The molecule has 0 aromatic heterocycles. The average Bonchev–Trinajstić information content (AvgIpc) is 2.34. The van der Waals surface area contributed by atoms with Crippen LogP contribution in [0, 0.1) is 11.7 Å². The Balaban J connectivity index is 1.98. The topological polar surface area (TPSA) is 20.2 Å². The van der Waals surface area contributed by atoms with E-state index in [-0.39, 0.29) is 5.02 Å². The lowest BCUT2D eigenvalue weighted by molar-refractivity contribution is 0.131. The van der Waals surface area contributed by atoms with E-state index in [0.717, 1.165) is 12.0 Å². The third-order valence-electron chi connectivity index (χ3n) is 3.61. The van der Waals surface area contributed by atoms with Crippen LogP contribution in [-0.2, 0) is 0 Å². The standard InChI is InChI=1S/C14H18ClFO/c15-12-9-11(6-7-13(12)16)14(17)8-10-4-2-1-3-5-10/h6-7,9-10,14,17H,1-5,8H2. The van der Waals surface area contributed by atoms with E-state index in [9.17, 15) is 9.50 Å². The molecule has 0 spiro atoms. The fourth-order valence-electron chi connectivity index (χ4n) is 2.59. The molecule has 0 heterocycles. The number of rotatable bonds is 3. The van der Waals surface area contributed by atoms with Gasteiger partial charge in [-0.2, -0.15) is 0 Å². The summed E-state index contributed by atoms with van der Waals surface area (Å²) in [5, 5.41) is 10.2. The summed E-state index contributed by atoms with van der Waals surface area (Å²) in [6.07, 6.45) is 6.49. The molecular formula is C14H18ClFO. The number of benzene rings is 1. The molecule has 1 unspecified atom stereocenters. The van der Waals surface area contributed by atoms with E-state index in [2.05, 4.69) is 0 Å². The fraction of sp³-hybridized carbons (Fsp3) is 0.571. The maximum atomic E-state index is 13.0. The normalized spacial score (nSPS) is 19.2. The van der Waals surface area contributed by atoms with Gasteiger partial charge in [0.05, 0.1) is 11.1 Å². The first-order valence-corrected chi connectivity index (χ1v) is 6.67. The first-order valence-electron chi connectivity index (χ1n) is 6.30. The number of hydrogen-bond donors (Lipinski definition) is 1. The number of aliphatic hydroxyl groups excluding tert-OH is 1. The van der Waals surface area contributed by atoms with Gasteiger partial charge < -0.3 is 5.11 Å². The highest BCUT2D eigenvalue weighted by Crippen LogP contribution is 2.32. The molecule has 0 bridgehead atoms. The zero-order valence-electron chi connectivity index (χ0n) is 9.83. The van der Waals surface area contributed by atoms with E-state index < -0.39 is 11.9 Å². The van der Waals surface area contributed by atoms with Crippen molar-refractivity contribution in [2.45, 2.75) is 44.6 Å². The summed E-state index contributed by atoms with van der Waals surface area (Å²) in [6.45, 7) is 0. The molecule has 0 amide bonds. The van der Waals surface area contributed by atoms with Gasteiger partial charge in [-0.3, -0.25) is 0 Å². The Kier molecular flexibility index (Phi) is 4.41. The smallest absolute Gasteiger partial charge is 0.141 e. The first-order chi connectivity index (χ1) is 8.16. The van der Waals surface area contributed by atoms with Crippen molar-refractivity contribution >= 4 is 11.6 Å². The predicted octanol–water partition coefficient (Wildman–Crippen LogP) is 4.48. The van der Waals surface area contributed by atoms with Gasteiger partial charge in [0.25, 0.3) is 0 Å². The largest absolute Gasteiger partial charge is 0.388 e. The molecule has 1 fully saturated rings. The quantitative estimate of drug-likeness (QED) is 0.845. The second-order valence-corrected chi connectivity index (χ2v) is 5.34. The van der Waals surface area contributed by atoms with Crippen LogP contribution in [0.3, 0.4) is 0 Å². The SMILES string of the molecule is OC(CC1CCCCC1)c1ccc(F)c(Cl)c1. The van der Waals surface area contributed by atoms with Crippen LogP contribution in [0.5, 0.6) is 0 Å². The van der Waals surface area contributed by atoms with Gasteiger partial charge in [-0.1, -0.05) is 49.8 Å². The molecule has 1 aliphatic carbocycles. The highest BCUT2D eigenvalue weighted by molar-refractivity contribution is 6.30. The van der Waals surface area contributed by atoms with Crippen molar-refractivity contribution in [3.05, 3.63) is 34.6 Å². The summed E-state index contributed by atoms with van der Waals surface area (Å²) in [5.74, 6) is 0.169. The second-order valence-electron chi connectivity index (χ2n) is 4.93. The monoisotopic (exact) mass is 256 g/mol. The van der Waals surface area contributed by atoms with Crippen LogP contribution in [0.1, 0.15) is 50.2 Å². The van der Waals surface area contributed by atoms with E-state index in [0.29, 0.717) is 5.92 Å². The summed E-state index contributed by atoms with van der Waals surface area (Å²) >= 11 is 5.71. The van der Waals surface area contributed by atoms with Crippen molar-refractivity contribution in [2.75, 3.05) is 0 Å². The maximum Gasteiger partial charge on any atom is 0.141 e. The maximum absolute atomic E-state index is 13.0. The van der Waals surface area contributed by atoms with Gasteiger partial charge in [0.1, 0.15) is 5.82 Å². The van der Waals surface area contributed by atoms with Crippen molar-refractivity contribution in [1.82, 2.24) is 0 Å². The molecule has 17 heavy (non-hydrogen) atoms. The molecule has 1 N–H and O–H groups in total. The summed E-state index contributed by atoms with van der Waals surface area (Å²) in [6, 6.07) is 4.47. The van der Waals surface area contributed by atoms with Gasteiger partial charge in [0.2, 0.25) is 0 Å². The Morgan fingerprint density at radius 3 is 2.65 bits per heavy atom. The Morgan fingerprint density at radius 1 is 1.29 bits per heavy atom. The number of halogens is 2. The summed E-state index contributed by atoms with van der Waals surface area (Å²) in [5.41, 5.74) is 0.724. The van der Waals surface area contributed by atoms with Crippen LogP contribution in [-0.4, -0.2) is 5.11 Å². The van der Waals surface area contributed by atoms with Gasteiger partial charge in [0, 0.05) is 0 Å². The Labute approximate surface area is 107 Å². The highest BCUT2D eigenvalue weighted by atomic mass is 35.5. The summed E-state index contributed by atoms with van der Waals surface area (Å²) in [7, 11) is 0. The Bertz CT molecular complexity index is 374. The van der Waals surface area contributed by atoms with Gasteiger partial charge >= 0.3 is 0 Å². The molecule has 3 heteroatoms. The zero-order valence-corrected chi connectivity index (χ0v) is 10.6.